The summed E-state index contributed by atoms with van der Waals surface area (Å²) in [5.41, 5.74) is 3.04. The summed E-state index contributed by atoms with van der Waals surface area (Å²) in [5.74, 6) is 0. The molecule has 0 saturated heterocycles. The molecule has 1 nitrogen and oxygen atoms in total. The van der Waals surface area contributed by atoms with E-state index in [-0.39, 0.29) is 12.4 Å². The lowest BCUT2D eigenvalue weighted by Gasteiger charge is -2.19. The van der Waals surface area contributed by atoms with Crippen LogP contribution < -0.4 is 5.32 Å². The third-order valence-electron chi connectivity index (χ3n) is 2.32. The molecule has 72 valence electrons. The van der Waals surface area contributed by atoms with Crippen LogP contribution in [-0.4, -0.2) is 12.8 Å². The van der Waals surface area contributed by atoms with Crippen molar-refractivity contribution in [3.63, 3.8) is 0 Å². The Hall–Kier alpha value is -0.180. The molecule has 0 atom stereocenters. The van der Waals surface area contributed by atoms with Gasteiger partial charge in [-0.25, -0.2) is 0 Å². The molecule has 0 spiro atoms. The minimum Gasteiger partial charge on any atom is -0.312 e. The molecule has 3 heteroatoms. The number of hydrogen-bond donors (Lipinski definition) is 1. The van der Waals surface area contributed by atoms with Crippen LogP contribution >= 0.6 is 24.2 Å². The van der Waals surface area contributed by atoms with E-state index in [4.69, 9.17) is 0 Å². The fourth-order valence-corrected chi connectivity index (χ4v) is 2.34. The van der Waals surface area contributed by atoms with Gasteiger partial charge in [0.15, 0.2) is 0 Å². The summed E-state index contributed by atoms with van der Waals surface area (Å²) in [4.78, 5) is 1.43. The van der Waals surface area contributed by atoms with Crippen LogP contribution in [0, 0.1) is 0 Å². The minimum absolute atomic E-state index is 0. The molecule has 13 heavy (non-hydrogen) atoms. The zero-order chi connectivity index (χ0) is 8.39. The first kappa shape index (κ1) is 10.9. The topological polar surface area (TPSA) is 12.0 Å². The van der Waals surface area contributed by atoms with Crippen LogP contribution in [0.1, 0.15) is 11.1 Å². The van der Waals surface area contributed by atoms with Crippen LogP contribution in [0.5, 0.6) is 0 Å². The molecular formula is C10H14ClNS. The maximum atomic E-state index is 3.40. The summed E-state index contributed by atoms with van der Waals surface area (Å²) in [7, 11) is 0. The van der Waals surface area contributed by atoms with Gasteiger partial charge in [-0.2, -0.15) is 0 Å². The van der Waals surface area contributed by atoms with E-state index in [0.717, 1.165) is 13.1 Å². The number of benzene rings is 1. The van der Waals surface area contributed by atoms with Crippen molar-refractivity contribution >= 4 is 24.2 Å². The number of fused-ring (bicyclic) bond motifs is 1. The summed E-state index contributed by atoms with van der Waals surface area (Å²) in [6, 6.07) is 6.61. The first-order chi connectivity index (χ1) is 5.92. The van der Waals surface area contributed by atoms with Crippen LogP contribution in [0.2, 0.25) is 0 Å². The average Bonchev–Trinajstić information content (AvgIpc) is 2.17. The zero-order valence-corrected chi connectivity index (χ0v) is 9.30. The Morgan fingerprint density at radius 2 is 2.23 bits per heavy atom. The lowest BCUT2D eigenvalue weighted by atomic mass is 10.0. The van der Waals surface area contributed by atoms with E-state index < -0.39 is 0 Å². The van der Waals surface area contributed by atoms with E-state index >= 15 is 0 Å². The van der Waals surface area contributed by atoms with Crippen LogP contribution in [0.25, 0.3) is 0 Å². The van der Waals surface area contributed by atoms with Crippen LogP contribution in [-0.2, 0) is 13.0 Å². The fourth-order valence-electron chi connectivity index (χ4n) is 1.67. The predicted octanol–water partition coefficient (Wildman–Crippen LogP) is 2.48. The van der Waals surface area contributed by atoms with Crippen molar-refractivity contribution in [2.45, 2.75) is 17.9 Å². The van der Waals surface area contributed by atoms with E-state index in [1.165, 1.54) is 22.4 Å². The predicted molar refractivity (Wildman–Crippen MR) is 60.9 cm³/mol. The molecule has 0 amide bonds. The van der Waals surface area contributed by atoms with Crippen molar-refractivity contribution in [1.82, 2.24) is 5.32 Å². The van der Waals surface area contributed by atoms with Gasteiger partial charge in [0.05, 0.1) is 0 Å². The maximum Gasteiger partial charge on any atom is 0.0219 e. The Kier molecular flexibility index (Phi) is 4.10. The Balaban J connectivity index is 0.000000845. The smallest absolute Gasteiger partial charge is 0.0219 e. The second-order valence-corrected chi connectivity index (χ2v) is 3.87. The highest BCUT2D eigenvalue weighted by molar-refractivity contribution is 7.98. The molecule has 1 aromatic rings. The summed E-state index contributed by atoms with van der Waals surface area (Å²) in [6.45, 7) is 2.18. The number of halogens is 1. The largest absolute Gasteiger partial charge is 0.312 e. The van der Waals surface area contributed by atoms with Gasteiger partial charge in [0.2, 0.25) is 0 Å². The van der Waals surface area contributed by atoms with E-state index in [2.05, 4.69) is 29.8 Å². The fraction of sp³-hybridized carbons (Fsp3) is 0.400. The third-order valence-corrected chi connectivity index (χ3v) is 3.15. The Morgan fingerprint density at radius 3 is 3.00 bits per heavy atom. The van der Waals surface area contributed by atoms with E-state index in [1.807, 2.05) is 11.8 Å². The summed E-state index contributed by atoms with van der Waals surface area (Å²) in [5, 5.41) is 3.40. The van der Waals surface area contributed by atoms with Crippen molar-refractivity contribution in [1.29, 1.82) is 0 Å². The van der Waals surface area contributed by atoms with Gasteiger partial charge < -0.3 is 5.32 Å². The SMILES string of the molecule is CSc1cccc2c1CNCC2.Cl. The van der Waals surface area contributed by atoms with Crippen LogP contribution in [0.3, 0.4) is 0 Å². The molecule has 2 rings (SSSR count). The Bertz CT molecular complexity index is 274. The summed E-state index contributed by atoms with van der Waals surface area (Å²) in [6.07, 6.45) is 3.33. The van der Waals surface area contributed by atoms with Gasteiger partial charge >= 0.3 is 0 Å². The van der Waals surface area contributed by atoms with Gasteiger partial charge in [-0.1, -0.05) is 12.1 Å². The van der Waals surface area contributed by atoms with Crippen molar-refractivity contribution < 1.29 is 0 Å². The van der Waals surface area contributed by atoms with Gasteiger partial charge in [0, 0.05) is 11.4 Å². The lowest BCUT2D eigenvalue weighted by molar-refractivity contribution is 0.634. The molecule has 0 aliphatic carbocycles. The highest BCUT2D eigenvalue weighted by Gasteiger charge is 2.10. The minimum atomic E-state index is 0. The van der Waals surface area contributed by atoms with Crippen molar-refractivity contribution in [3.8, 4) is 0 Å². The normalized spacial score (nSPS) is 14.5. The number of rotatable bonds is 1. The Labute approximate surface area is 89.7 Å². The molecule has 0 radical (unpaired) electrons. The Morgan fingerprint density at radius 1 is 1.38 bits per heavy atom. The lowest BCUT2D eigenvalue weighted by Crippen LogP contribution is -2.23. The van der Waals surface area contributed by atoms with Crippen molar-refractivity contribution in [3.05, 3.63) is 29.3 Å². The van der Waals surface area contributed by atoms with Crippen molar-refractivity contribution in [2.24, 2.45) is 0 Å². The highest BCUT2D eigenvalue weighted by Crippen LogP contribution is 2.25. The zero-order valence-electron chi connectivity index (χ0n) is 7.67. The molecule has 0 aromatic heterocycles. The van der Waals surface area contributed by atoms with Gasteiger partial charge in [-0.15, -0.1) is 24.2 Å². The monoisotopic (exact) mass is 215 g/mol. The molecule has 1 aliphatic heterocycles. The molecule has 0 fully saturated rings. The second kappa shape index (κ2) is 4.89. The summed E-state index contributed by atoms with van der Waals surface area (Å²) < 4.78 is 0. The first-order valence-electron chi connectivity index (χ1n) is 4.27. The molecule has 1 heterocycles. The average molecular weight is 216 g/mol. The third kappa shape index (κ3) is 2.19. The first-order valence-corrected chi connectivity index (χ1v) is 5.50. The molecule has 1 aromatic carbocycles. The summed E-state index contributed by atoms with van der Waals surface area (Å²) >= 11 is 1.84. The number of hydrogen-bond acceptors (Lipinski definition) is 2. The molecule has 0 unspecified atom stereocenters. The van der Waals surface area contributed by atoms with Crippen molar-refractivity contribution in [2.75, 3.05) is 12.8 Å². The van der Waals surface area contributed by atoms with Gasteiger partial charge in [-0.3, -0.25) is 0 Å². The molecular weight excluding hydrogens is 202 g/mol. The number of nitrogens with one attached hydrogen (secondary N) is 1. The molecule has 0 saturated carbocycles. The quantitative estimate of drug-likeness (QED) is 0.723. The highest BCUT2D eigenvalue weighted by atomic mass is 35.5. The second-order valence-electron chi connectivity index (χ2n) is 3.02. The maximum absolute atomic E-state index is 3.40. The standard InChI is InChI=1S/C10H13NS.ClH/c1-12-10-4-2-3-8-5-6-11-7-9(8)10;/h2-4,11H,5-7H2,1H3;1H. The van der Waals surface area contributed by atoms with Gasteiger partial charge in [0.25, 0.3) is 0 Å². The van der Waals surface area contributed by atoms with Gasteiger partial charge in [0.1, 0.15) is 0 Å². The van der Waals surface area contributed by atoms with E-state index in [1.54, 1.807) is 0 Å². The number of thioether (sulfide) groups is 1. The molecule has 0 bridgehead atoms. The molecule has 1 aliphatic rings. The van der Waals surface area contributed by atoms with Crippen LogP contribution in [0.4, 0.5) is 0 Å². The van der Waals surface area contributed by atoms with E-state index in [0.29, 0.717) is 0 Å². The van der Waals surface area contributed by atoms with Gasteiger partial charge in [-0.05, 0) is 36.4 Å². The van der Waals surface area contributed by atoms with Crippen LogP contribution in [0.15, 0.2) is 23.1 Å². The van der Waals surface area contributed by atoms with E-state index in [9.17, 15) is 0 Å². The molecule has 1 N–H and O–H groups in total.